The average molecular weight is 593 g/mol. The van der Waals surface area contributed by atoms with E-state index in [1.54, 1.807) is 12.2 Å². The molecule has 1 aliphatic heterocycles. The molecular formula is C33H35F3N4O3. The third-order valence-corrected chi connectivity index (χ3v) is 7.47. The number of nitrogens with zero attached hydrogens (tertiary/aromatic N) is 4. The van der Waals surface area contributed by atoms with Crippen molar-refractivity contribution < 1.29 is 27.1 Å². The molecule has 0 aliphatic carbocycles. The fraction of sp³-hybridized carbons (Fsp3) is 0.364. The standard InChI is InChI=1S/C33H35F3N4O3/c34-33(35,36)27-11-6-26(7-12-27)10-16-31-38-28(24-43-31)23-42-29-13-8-25(9-14-29)5-1-2-19-39-22-18-37-30(39)15-17-32(41)40-20-3-4-21-40/h6-14,16,18,22,24H,1-5,15,17,19-21,23H2. The number of ether oxygens (including phenoxy) is 1. The number of amides is 1. The van der Waals surface area contributed by atoms with Crippen LogP contribution in [0, 0.1) is 0 Å². The summed E-state index contributed by atoms with van der Waals surface area (Å²) in [4.78, 5) is 23.1. The van der Waals surface area contributed by atoms with Crippen LogP contribution in [0.25, 0.3) is 12.2 Å². The minimum atomic E-state index is -4.36. The molecular weight excluding hydrogens is 557 g/mol. The number of hydrogen-bond donors (Lipinski definition) is 0. The molecule has 226 valence electrons. The molecule has 7 nitrogen and oxygen atoms in total. The Hall–Kier alpha value is -4.34. The normalized spacial score (nSPS) is 13.7. The fourth-order valence-corrected chi connectivity index (χ4v) is 5.05. The fourth-order valence-electron chi connectivity index (χ4n) is 5.05. The lowest BCUT2D eigenvalue weighted by Gasteiger charge is -2.15. The zero-order chi connectivity index (χ0) is 30.1. The van der Waals surface area contributed by atoms with Gasteiger partial charge in [0.25, 0.3) is 0 Å². The van der Waals surface area contributed by atoms with Crippen molar-refractivity contribution in [3.63, 3.8) is 0 Å². The monoisotopic (exact) mass is 592 g/mol. The van der Waals surface area contributed by atoms with Crippen LogP contribution < -0.4 is 4.74 Å². The Morgan fingerprint density at radius 3 is 2.49 bits per heavy atom. The summed E-state index contributed by atoms with van der Waals surface area (Å²) < 4.78 is 51.6. The van der Waals surface area contributed by atoms with Gasteiger partial charge >= 0.3 is 6.18 Å². The third kappa shape index (κ3) is 8.83. The van der Waals surface area contributed by atoms with Gasteiger partial charge in [-0.1, -0.05) is 24.3 Å². The number of carbonyl (C=O) groups is 1. The van der Waals surface area contributed by atoms with E-state index in [0.29, 0.717) is 30.0 Å². The zero-order valence-electron chi connectivity index (χ0n) is 23.9. The second kappa shape index (κ2) is 14.2. The lowest BCUT2D eigenvalue weighted by atomic mass is 10.1. The average Bonchev–Trinajstić information content (AvgIpc) is 3.79. The van der Waals surface area contributed by atoms with Crippen LogP contribution in [0.3, 0.4) is 0 Å². The maximum Gasteiger partial charge on any atom is 0.416 e. The molecule has 0 bridgehead atoms. The van der Waals surface area contributed by atoms with Crippen LogP contribution in [0.2, 0.25) is 0 Å². The van der Waals surface area contributed by atoms with Crippen molar-refractivity contribution in [2.45, 2.75) is 64.3 Å². The number of aromatic nitrogens is 3. The van der Waals surface area contributed by atoms with Gasteiger partial charge < -0.3 is 18.6 Å². The summed E-state index contributed by atoms with van der Waals surface area (Å²) >= 11 is 0. The Morgan fingerprint density at radius 2 is 1.74 bits per heavy atom. The molecule has 1 fully saturated rings. The van der Waals surface area contributed by atoms with Gasteiger partial charge in [-0.2, -0.15) is 13.2 Å². The van der Waals surface area contributed by atoms with Gasteiger partial charge in [-0.05, 0) is 73.6 Å². The van der Waals surface area contributed by atoms with Gasteiger partial charge in [-0.15, -0.1) is 0 Å². The molecule has 10 heteroatoms. The Morgan fingerprint density at radius 1 is 0.977 bits per heavy atom. The van der Waals surface area contributed by atoms with E-state index >= 15 is 0 Å². The first-order valence-corrected chi connectivity index (χ1v) is 14.6. The Labute approximate surface area is 249 Å². The van der Waals surface area contributed by atoms with Crippen LogP contribution in [-0.4, -0.2) is 38.4 Å². The number of oxazole rings is 1. The van der Waals surface area contributed by atoms with Crippen LogP contribution in [0.5, 0.6) is 5.75 Å². The van der Waals surface area contributed by atoms with Crippen molar-refractivity contribution >= 4 is 18.1 Å². The van der Waals surface area contributed by atoms with Gasteiger partial charge in [0, 0.05) is 50.9 Å². The maximum absolute atomic E-state index is 12.7. The van der Waals surface area contributed by atoms with E-state index in [0.717, 1.165) is 75.4 Å². The predicted molar refractivity (Wildman–Crippen MR) is 157 cm³/mol. The number of rotatable bonds is 13. The first-order chi connectivity index (χ1) is 20.8. The molecule has 0 spiro atoms. The second-order valence-electron chi connectivity index (χ2n) is 10.6. The highest BCUT2D eigenvalue weighted by Crippen LogP contribution is 2.29. The summed E-state index contributed by atoms with van der Waals surface area (Å²) in [5, 5.41) is 0. The van der Waals surface area contributed by atoms with Crippen molar-refractivity contribution in [3.05, 3.63) is 101 Å². The molecule has 3 heterocycles. The Bertz CT molecular complexity index is 1480. The number of likely N-dealkylation sites (tertiary alicyclic amines) is 1. The molecule has 0 unspecified atom stereocenters. The molecule has 0 radical (unpaired) electrons. The summed E-state index contributed by atoms with van der Waals surface area (Å²) in [6.45, 7) is 2.89. The quantitative estimate of drug-likeness (QED) is 0.153. The highest BCUT2D eigenvalue weighted by atomic mass is 19.4. The molecule has 0 N–H and O–H groups in total. The van der Waals surface area contributed by atoms with Gasteiger partial charge in [0.15, 0.2) is 0 Å². The number of unbranched alkanes of at least 4 members (excludes halogenated alkanes) is 1. The molecule has 4 aromatic rings. The highest BCUT2D eigenvalue weighted by molar-refractivity contribution is 5.76. The van der Waals surface area contributed by atoms with Crippen LogP contribution in [0.4, 0.5) is 13.2 Å². The van der Waals surface area contributed by atoms with Crippen molar-refractivity contribution in [2.75, 3.05) is 13.1 Å². The van der Waals surface area contributed by atoms with Crippen molar-refractivity contribution in [1.29, 1.82) is 0 Å². The number of carbonyl (C=O) groups excluding carboxylic acids is 1. The number of benzene rings is 2. The van der Waals surface area contributed by atoms with Crippen molar-refractivity contribution in [1.82, 2.24) is 19.4 Å². The largest absolute Gasteiger partial charge is 0.487 e. The van der Waals surface area contributed by atoms with Crippen LogP contribution in [-0.2, 0) is 37.0 Å². The van der Waals surface area contributed by atoms with E-state index in [4.69, 9.17) is 9.15 Å². The molecule has 43 heavy (non-hydrogen) atoms. The number of alkyl halides is 3. The molecule has 2 aromatic carbocycles. The number of aryl methyl sites for hydroxylation is 3. The summed E-state index contributed by atoms with van der Waals surface area (Å²) in [5.74, 6) is 2.27. The van der Waals surface area contributed by atoms with Gasteiger partial charge in [-0.3, -0.25) is 4.79 Å². The molecule has 1 saturated heterocycles. The molecule has 1 amide bonds. The molecule has 0 atom stereocenters. The predicted octanol–water partition coefficient (Wildman–Crippen LogP) is 7.22. The van der Waals surface area contributed by atoms with Gasteiger partial charge in [0.1, 0.15) is 30.1 Å². The van der Waals surface area contributed by atoms with Crippen molar-refractivity contribution in [2.24, 2.45) is 0 Å². The van der Waals surface area contributed by atoms with Crippen LogP contribution in [0.15, 0.2) is 71.6 Å². The maximum atomic E-state index is 12.7. The SMILES string of the molecule is O=C(CCc1nccn1CCCCc1ccc(OCc2coc(C=Cc3ccc(C(F)(F)F)cc3)n2)cc1)N1CCCC1. The highest BCUT2D eigenvalue weighted by Gasteiger charge is 2.29. The van der Waals surface area contributed by atoms with Gasteiger partial charge in [0.2, 0.25) is 11.8 Å². The summed E-state index contributed by atoms with van der Waals surface area (Å²) in [6, 6.07) is 12.9. The van der Waals surface area contributed by atoms with E-state index in [9.17, 15) is 18.0 Å². The molecule has 5 rings (SSSR count). The van der Waals surface area contributed by atoms with E-state index in [1.807, 2.05) is 29.4 Å². The Kier molecular flexibility index (Phi) is 9.96. The van der Waals surface area contributed by atoms with E-state index in [-0.39, 0.29) is 12.5 Å². The van der Waals surface area contributed by atoms with Crippen LogP contribution in [0.1, 0.15) is 66.2 Å². The van der Waals surface area contributed by atoms with Gasteiger partial charge in [0.05, 0.1) is 5.56 Å². The van der Waals surface area contributed by atoms with Crippen LogP contribution >= 0.6 is 0 Å². The van der Waals surface area contributed by atoms with E-state index in [1.165, 1.54) is 24.0 Å². The first-order valence-electron chi connectivity index (χ1n) is 14.6. The minimum Gasteiger partial charge on any atom is -0.487 e. The summed E-state index contributed by atoms with van der Waals surface area (Å²) in [6.07, 6.45) is 10.6. The third-order valence-electron chi connectivity index (χ3n) is 7.47. The topological polar surface area (TPSA) is 73.4 Å². The lowest BCUT2D eigenvalue weighted by Crippen LogP contribution is -2.28. The first kappa shape index (κ1) is 30.1. The molecule has 2 aromatic heterocycles. The lowest BCUT2D eigenvalue weighted by molar-refractivity contribution is -0.137. The number of imidazole rings is 1. The van der Waals surface area contributed by atoms with E-state index < -0.39 is 11.7 Å². The number of hydrogen-bond acceptors (Lipinski definition) is 5. The zero-order valence-corrected chi connectivity index (χ0v) is 23.9. The smallest absolute Gasteiger partial charge is 0.416 e. The Balaban J connectivity index is 1.01. The number of halogens is 3. The minimum absolute atomic E-state index is 0.230. The van der Waals surface area contributed by atoms with Crippen molar-refractivity contribution in [3.8, 4) is 5.75 Å². The van der Waals surface area contributed by atoms with E-state index in [2.05, 4.69) is 26.7 Å². The summed E-state index contributed by atoms with van der Waals surface area (Å²) in [7, 11) is 0. The molecule has 0 saturated carbocycles. The second-order valence-corrected chi connectivity index (χ2v) is 10.6. The van der Waals surface area contributed by atoms with Gasteiger partial charge in [-0.25, -0.2) is 9.97 Å². The summed E-state index contributed by atoms with van der Waals surface area (Å²) in [5.41, 5.74) is 1.75. The molecule has 1 aliphatic rings.